The molecular formula is C12H20N2O2. The zero-order valence-electron chi connectivity index (χ0n) is 10.3. The number of hydrogen-bond donors (Lipinski definition) is 2. The molecule has 16 heavy (non-hydrogen) atoms. The lowest BCUT2D eigenvalue weighted by atomic mass is 10.0. The fourth-order valence-electron chi connectivity index (χ4n) is 1.52. The van der Waals surface area contributed by atoms with Crippen LogP contribution in [0, 0.1) is 11.8 Å². The third-order valence-corrected chi connectivity index (χ3v) is 2.53. The molecule has 1 aliphatic heterocycles. The van der Waals surface area contributed by atoms with Crippen LogP contribution in [-0.2, 0) is 9.59 Å². The maximum atomic E-state index is 11.7. The molecule has 4 nitrogen and oxygen atoms in total. The number of rotatable bonds is 3. The van der Waals surface area contributed by atoms with Crippen LogP contribution in [-0.4, -0.2) is 17.9 Å². The number of piperazine rings is 1. The van der Waals surface area contributed by atoms with Crippen molar-refractivity contribution in [3.8, 4) is 0 Å². The van der Waals surface area contributed by atoms with Crippen molar-refractivity contribution in [1.82, 2.24) is 10.6 Å². The molecule has 0 aliphatic carbocycles. The Labute approximate surface area is 96.5 Å². The van der Waals surface area contributed by atoms with Gasteiger partial charge in [0.15, 0.2) is 0 Å². The fourth-order valence-corrected chi connectivity index (χ4v) is 1.52. The summed E-state index contributed by atoms with van der Waals surface area (Å²) in [7, 11) is 0. The summed E-state index contributed by atoms with van der Waals surface area (Å²) in [6.45, 7) is 7.95. The van der Waals surface area contributed by atoms with Crippen LogP contribution >= 0.6 is 0 Å². The topological polar surface area (TPSA) is 58.2 Å². The predicted octanol–water partition coefficient (Wildman–Crippen LogP) is 1.19. The molecule has 1 rings (SSSR count). The average molecular weight is 224 g/mol. The molecule has 0 aromatic heterocycles. The number of carbonyl (C=O) groups excluding carboxylic acids is 2. The lowest BCUT2D eigenvalue weighted by molar-refractivity contribution is -0.132. The smallest absolute Gasteiger partial charge is 0.268 e. The molecule has 4 heteroatoms. The van der Waals surface area contributed by atoms with Crippen LogP contribution < -0.4 is 10.6 Å². The largest absolute Gasteiger partial charge is 0.339 e. The Balaban J connectivity index is 2.71. The molecule has 0 saturated carbocycles. The SMILES string of the molecule is CC(C)C/C=C1\NC(=O)[C@H](C(C)C)NC1=O. The molecule has 1 fully saturated rings. The fraction of sp³-hybridized carbons (Fsp3) is 0.667. The Morgan fingerprint density at radius 3 is 2.38 bits per heavy atom. The number of carbonyl (C=O) groups is 2. The van der Waals surface area contributed by atoms with Crippen LogP contribution in [0.15, 0.2) is 11.8 Å². The first kappa shape index (κ1) is 12.7. The third-order valence-electron chi connectivity index (χ3n) is 2.53. The number of amides is 2. The van der Waals surface area contributed by atoms with Gasteiger partial charge in [-0.3, -0.25) is 9.59 Å². The summed E-state index contributed by atoms with van der Waals surface area (Å²) in [5.74, 6) is 0.277. The van der Waals surface area contributed by atoms with Crippen LogP contribution in [0.2, 0.25) is 0 Å². The first-order valence-electron chi connectivity index (χ1n) is 5.73. The molecule has 1 aliphatic rings. The van der Waals surface area contributed by atoms with E-state index in [2.05, 4.69) is 24.5 Å². The Hall–Kier alpha value is -1.32. The number of hydrogen-bond acceptors (Lipinski definition) is 2. The lowest BCUT2D eigenvalue weighted by Gasteiger charge is -2.27. The Morgan fingerprint density at radius 1 is 1.25 bits per heavy atom. The average Bonchev–Trinajstić information content (AvgIpc) is 2.18. The zero-order chi connectivity index (χ0) is 12.3. The first-order valence-corrected chi connectivity index (χ1v) is 5.73. The van der Waals surface area contributed by atoms with E-state index in [4.69, 9.17) is 0 Å². The number of allylic oxidation sites excluding steroid dienone is 1. The normalized spacial score (nSPS) is 23.9. The minimum absolute atomic E-state index is 0.107. The highest BCUT2D eigenvalue weighted by Crippen LogP contribution is 2.10. The summed E-state index contributed by atoms with van der Waals surface area (Å²) in [6.07, 6.45) is 2.57. The van der Waals surface area contributed by atoms with Gasteiger partial charge in [-0.2, -0.15) is 0 Å². The molecule has 0 aromatic rings. The highest BCUT2D eigenvalue weighted by atomic mass is 16.2. The van der Waals surface area contributed by atoms with E-state index < -0.39 is 6.04 Å². The molecule has 2 N–H and O–H groups in total. The second-order valence-corrected chi connectivity index (χ2v) is 4.93. The van der Waals surface area contributed by atoms with Gasteiger partial charge in [-0.05, 0) is 18.3 Å². The highest BCUT2D eigenvalue weighted by Gasteiger charge is 2.31. The van der Waals surface area contributed by atoms with Crippen molar-refractivity contribution in [3.05, 3.63) is 11.8 Å². The molecule has 0 unspecified atom stereocenters. The van der Waals surface area contributed by atoms with Crippen LogP contribution in [0.1, 0.15) is 34.1 Å². The summed E-state index contributed by atoms with van der Waals surface area (Å²) in [6, 6.07) is -0.413. The van der Waals surface area contributed by atoms with E-state index in [1.54, 1.807) is 6.08 Å². The first-order chi connectivity index (χ1) is 7.41. The van der Waals surface area contributed by atoms with Gasteiger partial charge in [0.25, 0.3) is 5.91 Å². The Morgan fingerprint density at radius 2 is 1.88 bits per heavy atom. The molecule has 1 heterocycles. The van der Waals surface area contributed by atoms with E-state index in [-0.39, 0.29) is 17.7 Å². The van der Waals surface area contributed by atoms with Gasteiger partial charge in [-0.25, -0.2) is 0 Å². The predicted molar refractivity (Wildman–Crippen MR) is 62.4 cm³/mol. The second kappa shape index (κ2) is 5.14. The number of nitrogens with one attached hydrogen (secondary N) is 2. The summed E-state index contributed by atoms with van der Waals surface area (Å²) < 4.78 is 0. The molecule has 0 radical (unpaired) electrons. The van der Waals surface area contributed by atoms with Crippen molar-refractivity contribution in [1.29, 1.82) is 0 Å². The van der Waals surface area contributed by atoms with E-state index in [1.165, 1.54) is 0 Å². The minimum Gasteiger partial charge on any atom is -0.339 e. The summed E-state index contributed by atoms with van der Waals surface area (Å²) in [5, 5.41) is 5.38. The summed E-state index contributed by atoms with van der Waals surface area (Å²) in [5.41, 5.74) is 0.385. The molecule has 90 valence electrons. The zero-order valence-corrected chi connectivity index (χ0v) is 10.3. The van der Waals surface area contributed by atoms with Gasteiger partial charge in [-0.1, -0.05) is 33.8 Å². The summed E-state index contributed by atoms with van der Waals surface area (Å²) in [4.78, 5) is 23.3. The second-order valence-electron chi connectivity index (χ2n) is 4.93. The van der Waals surface area contributed by atoms with Crippen LogP contribution in [0.5, 0.6) is 0 Å². The molecule has 1 atom stereocenters. The van der Waals surface area contributed by atoms with E-state index in [9.17, 15) is 9.59 Å². The molecular weight excluding hydrogens is 204 g/mol. The molecule has 0 spiro atoms. The Kier molecular flexibility index (Phi) is 4.10. The standard InChI is InChI=1S/C12H20N2O2/c1-7(2)5-6-9-11(15)14-10(8(3)4)12(16)13-9/h6-8,10H,5H2,1-4H3,(H,13,16)(H,14,15)/b9-6-/t10-/m0/s1. The van der Waals surface area contributed by atoms with Crippen LogP contribution in [0.4, 0.5) is 0 Å². The van der Waals surface area contributed by atoms with Crippen molar-refractivity contribution < 1.29 is 9.59 Å². The van der Waals surface area contributed by atoms with Gasteiger partial charge in [0.1, 0.15) is 11.7 Å². The van der Waals surface area contributed by atoms with Crippen molar-refractivity contribution in [2.75, 3.05) is 0 Å². The Bertz CT molecular complexity index is 319. The van der Waals surface area contributed by atoms with Gasteiger partial charge in [-0.15, -0.1) is 0 Å². The van der Waals surface area contributed by atoms with Crippen molar-refractivity contribution in [3.63, 3.8) is 0 Å². The molecule has 0 bridgehead atoms. The molecule has 1 saturated heterocycles. The quantitative estimate of drug-likeness (QED) is 0.707. The van der Waals surface area contributed by atoms with Gasteiger partial charge in [0.05, 0.1) is 0 Å². The maximum absolute atomic E-state index is 11.7. The highest BCUT2D eigenvalue weighted by molar-refractivity contribution is 6.04. The molecule has 0 aromatic carbocycles. The minimum atomic E-state index is -0.413. The van der Waals surface area contributed by atoms with Crippen molar-refractivity contribution in [2.24, 2.45) is 11.8 Å². The maximum Gasteiger partial charge on any atom is 0.268 e. The van der Waals surface area contributed by atoms with Gasteiger partial charge in [0.2, 0.25) is 5.91 Å². The van der Waals surface area contributed by atoms with Crippen molar-refractivity contribution >= 4 is 11.8 Å². The third kappa shape index (κ3) is 3.08. The van der Waals surface area contributed by atoms with E-state index in [0.717, 1.165) is 6.42 Å². The van der Waals surface area contributed by atoms with Crippen LogP contribution in [0.3, 0.4) is 0 Å². The van der Waals surface area contributed by atoms with E-state index in [1.807, 2.05) is 13.8 Å². The lowest BCUT2D eigenvalue weighted by Crippen LogP contribution is -2.56. The van der Waals surface area contributed by atoms with Gasteiger partial charge >= 0.3 is 0 Å². The van der Waals surface area contributed by atoms with Gasteiger partial charge < -0.3 is 10.6 Å². The molecule has 2 amide bonds. The van der Waals surface area contributed by atoms with Crippen molar-refractivity contribution in [2.45, 2.75) is 40.2 Å². The van der Waals surface area contributed by atoms with E-state index >= 15 is 0 Å². The van der Waals surface area contributed by atoms with E-state index in [0.29, 0.717) is 11.6 Å². The van der Waals surface area contributed by atoms with Gasteiger partial charge in [0, 0.05) is 0 Å². The van der Waals surface area contributed by atoms with Crippen LogP contribution in [0.25, 0.3) is 0 Å². The monoisotopic (exact) mass is 224 g/mol. The summed E-state index contributed by atoms with van der Waals surface area (Å²) >= 11 is 0.